The first-order chi connectivity index (χ1) is 14.6. The van der Waals surface area contributed by atoms with Gasteiger partial charge in [0.2, 0.25) is 0 Å². The zero-order valence-electron chi connectivity index (χ0n) is 16.9. The molecule has 156 valence electrons. The minimum absolute atomic E-state index is 0.0411. The quantitative estimate of drug-likeness (QED) is 0.599. The Morgan fingerprint density at radius 3 is 2.83 bits per heavy atom. The predicted octanol–water partition coefficient (Wildman–Crippen LogP) is 3.60. The van der Waals surface area contributed by atoms with Gasteiger partial charge in [-0.05, 0) is 61.6 Å². The van der Waals surface area contributed by atoms with Gasteiger partial charge in [-0.25, -0.2) is 4.79 Å². The van der Waals surface area contributed by atoms with Crippen molar-refractivity contribution in [3.05, 3.63) is 64.9 Å². The van der Waals surface area contributed by atoms with Crippen molar-refractivity contribution in [1.29, 1.82) is 0 Å². The Hall–Kier alpha value is -3.55. The number of rotatable bonds is 7. The topological polar surface area (TPSA) is 95.6 Å². The third kappa shape index (κ3) is 4.07. The molecule has 30 heavy (non-hydrogen) atoms. The highest BCUT2D eigenvalue weighted by Crippen LogP contribution is 2.26. The molecular weight excluding hydrogens is 386 g/mol. The van der Waals surface area contributed by atoms with E-state index in [0.29, 0.717) is 12.3 Å². The smallest absolute Gasteiger partial charge is 0.360 e. The summed E-state index contributed by atoms with van der Waals surface area (Å²) < 4.78 is 17.7. The van der Waals surface area contributed by atoms with Gasteiger partial charge in [0.05, 0.1) is 12.8 Å². The summed E-state index contributed by atoms with van der Waals surface area (Å²) in [5, 5.41) is 6.77. The van der Waals surface area contributed by atoms with Gasteiger partial charge in [0.25, 0.3) is 5.91 Å². The Labute approximate surface area is 173 Å². The molecule has 0 aliphatic heterocycles. The van der Waals surface area contributed by atoms with E-state index in [9.17, 15) is 9.59 Å². The number of nitrogens with one attached hydrogen (secondary N) is 1. The molecular formula is C22H23N3O5. The van der Waals surface area contributed by atoms with Gasteiger partial charge in [0.1, 0.15) is 18.1 Å². The molecule has 8 heteroatoms. The number of benzene rings is 1. The molecule has 0 radical (unpaired) electrons. The SMILES string of the molecule is CCn1cc(NC(=O)c2ccc(COc3ccc4c(c3)CCC4)o2)c(C(=O)OC)n1. The van der Waals surface area contributed by atoms with Crippen molar-refractivity contribution in [2.75, 3.05) is 12.4 Å². The number of furan rings is 1. The molecule has 1 aliphatic carbocycles. The fourth-order valence-corrected chi connectivity index (χ4v) is 3.48. The number of aromatic nitrogens is 2. The number of nitrogens with zero attached hydrogens (tertiary/aromatic N) is 2. The lowest BCUT2D eigenvalue weighted by molar-refractivity contribution is 0.0594. The second-order valence-corrected chi connectivity index (χ2v) is 7.03. The number of anilines is 1. The van der Waals surface area contributed by atoms with Gasteiger partial charge in [0, 0.05) is 12.7 Å². The summed E-state index contributed by atoms with van der Waals surface area (Å²) in [6.45, 7) is 2.64. The van der Waals surface area contributed by atoms with Crippen LogP contribution in [0.3, 0.4) is 0 Å². The molecule has 4 rings (SSSR count). The monoisotopic (exact) mass is 409 g/mol. The van der Waals surface area contributed by atoms with Gasteiger partial charge in [-0.3, -0.25) is 9.48 Å². The second-order valence-electron chi connectivity index (χ2n) is 7.03. The van der Waals surface area contributed by atoms with Gasteiger partial charge in [-0.1, -0.05) is 6.07 Å². The van der Waals surface area contributed by atoms with E-state index in [1.807, 2.05) is 13.0 Å². The van der Waals surface area contributed by atoms with Crippen LogP contribution in [0.15, 0.2) is 40.9 Å². The van der Waals surface area contributed by atoms with Crippen LogP contribution in [-0.4, -0.2) is 28.8 Å². The Balaban J connectivity index is 1.41. The maximum atomic E-state index is 12.6. The van der Waals surface area contributed by atoms with Crippen LogP contribution in [0, 0.1) is 0 Å². The fraction of sp³-hybridized carbons (Fsp3) is 0.318. The molecule has 0 spiro atoms. The number of amides is 1. The molecule has 1 amide bonds. The van der Waals surface area contributed by atoms with Crippen molar-refractivity contribution < 1.29 is 23.5 Å². The third-order valence-electron chi connectivity index (χ3n) is 5.05. The largest absolute Gasteiger partial charge is 0.486 e. The zero-order valence-corrected chi connectivity index (χ0v) is 16.9. The lowest BCUT2D eigenvalue weighted by atomic mass is 10.1. The molecule has 0 bridgehead atoms. The molecule has 1 aliphatic rings. The Morgan fingerprint density at radius 1 is 1.20 bits per heavy atom. The lowest BCUT2D eigenvalue weighted by Crippen LogP contribution is -2.14. The van der Waals surface area contributed by atoms with Crippen LogP contribution >= 0.6 is 0 Å². The standard InChI is InChI=1S/C22H23N3O5/c1-3-25-12-18(20(24-25)22(27)28-2)23-21(26)19-10-9-17(30-19)13-29-16-8-7-14-5-4-6-15(14)11-16/h7-12H,3-6,13H2,1-2H3,(H,23,26). The van der Waals surface area contributed by atoms with E-state index < -0.39 is 11.9 Å². The number of ether oxygens (including phenoxy) is 2. The normalized spacial score (nSPS) is 12.5. The number of esters is 1. The van der Waals surface area contributed by atoms with Crippen LogP contribution in [-0.2, 0) is 30.7 Å². The van der Waals surface area contributed by atoms with Gasteiger partial charge in [-0.15, -0.1) is 0 Å². The molecule has 3 aromatic rings. The minimum Gasteiger partial charge on any atom is -0.486 e. The van der Waals surface area contributed by atoms with Gasteiger partial charge in [0.15, 0.2) is 11.5 Å². The number of carbonyl (C=O) groups excluding carboxylic acids is 2. The Bertz CT molecular complexity index is 1080. The zero-order chi connectivity index (χ0) is 21.1. The van der Waals surface area contributed by atoms with Crippen LogP contribution < -0.4 is 10.1 Å². The van der Waals surface area contributed by atoms with E-state index in [-0.39, 0.29) is 23.7 Å². The summed E-state index contributed by atoms with van der Waals surface area (Å²) >= 11 is 0. The van der Waals surface area contributed by atoms with E-state index in [1.54, 1.807) is 23.0 Å². The lowest BCUT2D eigenvalue weighted by Gasteiger charge is -2.06. The Kier molecular flexibility index (Phi) is 5.56. The molecule has 2 heterocycles. The van der Waals surface area contributed by atoms with E-state index in [2.05, 4.69) is 22.5 Å². The highest BCUT2D eigenvalue weighted by Gasteiger charge is 2.21. The molecule has 2 aromatic heterocycles. The summed E-state index contributed by atoms with van der Waals surface area (Å²) in [6.07, 6.45) is 4.97. The summed E-state index contributed by atoms with van der Waals surface area (Å²) in [4.78, 5) is 24.4. The van der Waals surface area contributed by atoms with Crippen molar-refractivity contribution in [2.45, 2.75) is 39.3 Å². The van der Waals surface area contributed by atoms with Crippen LogP contribution in [0.1, 0.15) is 51.3 Å². The van der Waals surface area contributed by atoms with Crippen molar-refractivity contribution in [3.8, 4) is 5.75 Å². The van der Waals surface area contributed by atoms with Crippen molar-refractivity contribution >= 4 is 17.6 Å². The van der Waals surface area contributed by atoms with Gasteiger partial charge in [-0.2, -0.15) is 5.10 Å². The average Bonchev–Trinajstić information content (AvgIpc) is 3.50. The maximum absolute atomic E-state index is 12.6. The van der Waals surface area contributed by atoms with Crippen molar-refractivity contribution in [1.82, 2.24) is 9.78 Å². The molecule has 1 N–H and O–H groups in total. The molecule has 0 saturated carbocycles. The molecule has 0 fully saturated rings. The summed E-state index contributed by atoms with van der Waals surface area (Å²) in [6, 6.07) is 9.39. The first-order valence-corrected chi connectivity index (χ1v) is 9.87. The van der Waals surface area contributed by atoms with Gasteiger partial charge < -0.3 is 19.2 Å². The highest BCUT2D eigenvalue weighted by molar-refractivity contribution is 6.05. The van der Waals surface area contributed by atoms with Crippen LogP contribution in [0.5, 0.6) is 5.75 Å². The van der Waals surface area contributed by atoms with Crippen LogP contribution in [0.4, 0.5) is 5.69 Å². The minimum atomic E-state index is -0.625. The van der Waals surface area contributed by atoms with Crippen molar-refractivity contribution in [3.63, 3.8) is 0 Å². The van der Waals surface area contributed by atoms with E-state index >= 15 is 0 Å². The summed E-state index contributed by atoms with van der Waals surface area (Å²) in [7, 11) is 1.26. The maximum Gasteiger partial charge on any atom is 0.360 e. The highest BCUT2D eigenvalue weighted by atomic mass is 16.5. The average molecular weight is 409 g/mol. The number of hydrogen-bond donors (Lipinski definition) is 1. The van der Waals surface area contributed by atoms with E-state index in [0.717, 1.165) is 18.6 Å². The van der Waals surface area contributed by atoms with E-state index in [4.69, 9.17) is 13.9 Å². The van der Waals surface area contributed by atoms with Crippen molar-refractivity contribution in [2.24, 2.45) is 0 Å². The number of aryl methyl sites for hydroxylation is 3. The molecule has 8 nitrogen and oxygen atoms in total. The molecule has 0 unspecified atom stereocenters. The Morgan fingerprint density at radius 2 is 2.03 bits per heavy atom. The number of carbonyl (C=O) groups is 2. The number of hydrogen-bond acceptors (Lipinski definition) is 6. The summed E-state index contributed by atoms with van der Waals surface area (Å²) in [5.74, 6) is 0.313. The first kappa shape index (κ1) is 19.8. The number of fused-ring (bicyclic) bond motifs is 1. The molecule has 1 aromatic carbocycles. The molecule has 0 atom stereocenters. The van der Waals surface area contributed by atoms with Crippen LogP contribution in [0.25, 0.3) is 0 Å². The number of methoxy groups -OCH3 is 1. The van der Waals surface area contributed by atoms with Crippen LogP contribution in [0.2, 0.25) is 0 Å². The summed E-state index contributed by atoms with van der Waals surface area (Å²) in [5.41, 5.74) is 3.03. The fourth-order valence-electron chi connectivity index (χ4n) is 3.48. The molecule has 0 saturated heterocycles. The van der Waals surface area contributed by atoms with Gasteiger partial charge >= 0.3 is 5.97 Å². The second kappa shape index (κ2) is 8.44. The van der Waals surface area contributed by atoms with E-state index in [1.165, 1.54) is 24.7 Å². The third-order valence-corrected chi connectivity index (χ3v) is 5.05. The predicted molar refractivity (Wildman–Crippen MR) is 109 cm³/mol. The first-order valence-electron chi connectivity index (χ1n) is 9.87.